The summed E-state index contributed by atoms with van der Waals surface area (Å²) in [7, 11) is 0. The van der Waals surface area contributed by atoms with Gasteiger partial charge in [-0.1, -0.05) is 12.1 Å². The van der Waals surface area contributed by atoms with E-state index in [1.54, 1.807) is 29.2 Å². The summed E-state index contributed by atoms with van der Waals surface area (Å²) < 4.78 is 16.5. The number of amides is 2. The van der Waals surface area contributed by atoms with E-state index in [1.807, 2.05) is 25.1 Å². The zero-order valence-corrected chi connectivity index (χ0v) is 18.3. The molecule has 0 bridgehead atoms. The second-order valence-electron chi connectivity index (χ2n) is 7.81. The number of hydrogen-bond acceptors (Lipinski definition) is 6. The summed E-state index contributed by atoms with van der Waals surface area (Å²) in [5, 5.41) is 2.84. The van der Waals surface area contributed by atoms with Crippen molar-refractivity contribution in [1.29, 1.82) is 0 Å². The Bertz CT molecular complexity index is 958. The molecule has 2 amide bonds. The molecular weight excluding hydrogens is 410 g/mol. The molecule has 8 nitrogen and oxygen atoms in total. The monoisotopic (exact) mass is 439 g/mol. The average Bonchev–Trinajstić information content (AvgIpc) is 2.83. The molecule has 4 rings (SSSR count). The third-order valence-electron chi connectivity index (χ3n) is 5.51. The second kappa shape index (κ2) is 10.5. The minimum absolute atomic E-state index is 0.0303. The van der Waals surface area contributed by atoms with Gasteiger partial charge in [0.05, 0.1) is 13.2 Å². The molecule has 32 heavy (non-hydrogen) atoms. The molecule has 0 unspecified atom stereocenters. The van der Waals surface area contributed by atoms with Gasteiger partial charge in [-0.2, -0.15) is 0 Å². The number of anilines is 1. The van der Waals surface area contributed by atoms with Gasteiger partial charge in [0.2, 0.25) is 5.91 Å². The zero-order chi connectivity index (χ0) is 22.3. The molecule has 1 N–H and O–H groups in total. The van der Waals surface area contributed by atoms with E-state index in [-0.39, 0.29) is 18.4 Å². The molecule has 8 heteroatoms. The van der Waals surface area contributed by atoms with Crippen LogP contribution in [0.25, 0.3) is 0 Å². The summed E-state index contributed by atoms with van der Waals surface area (Å²) in [6.07, 6.45) is 0. The molecule has 2 aromatic rings. The fraction of sp³-hybridized carbons (Fsp3) is 0.417. The van der Waals surface area contributed by atoms with Crippen molar-refractivity contribution in [1.82, 2.24) is 9.80 Å². The van der Waals surface area contributed by atoms with Crippen molar-refractivity contribution in [3.63, 3.8) is 0 Å². The second-order valence-corrected chi connectivity index (χ2v) is 7.81. The number of likely N-dealkylation sites (N-methyl/N-ethyl adjacent to an activating group) is 1. The van der Waals surface area contributed by atoms with Crippen molar-refractivity contribution >= 4 is 17.5 Å². The van der Waals surface area contributed by atoms with Crippen molar-refractivity contribution in [3.8, 4) is 11.5 Å². The molecule has 2 heterocycles. The highest BCUT2D eigenvalue weighted by molar-refractivity contribution is 5.99. The van der Waals surface area contributed by atoms with Gasteiger partial charge < -0.3 is 24.4 Å². The van der Waals surface area contributed by atoms with Crippen LogP contribution in [-0.2, 0) is 16.1 Å². The molecule has 1 saturated heterocycles. The smallest absolute Gasteiger partial charge is 0.254 e. The highest BCUT2D eigenvalue weighted by atomic mass is 16.6. The Balaban J connectivity index is 1.37. The molecular formula is C24H29N3O5. The lowest BCUT2D eigenvalue weighted by Crippen LogP contribution is -2.38. The number of fused-ring (bicyclic) bond motifs is 1. The fourth-order valence-corrected chi connectivity index (χ4v) is 3.82. The van der Waals surface area contributed by atoms with Crippen LogP contribution < -0.4 is 14.8 Å². The SMILES string of the molecule is CCN(CC(=O)Nc1ccc2c(c1)OCCO2)C(=O)c1cccc(CN2CCOCC2)c1. The quantitative estimate of drug-likeness (QED) is 0.714. The van der Waals surface area contributed by atoms with Crippen molar-refractivity contribution in [2.45, 2.75) is 13.5 Å². The van der Waals surface area contributed by atoms with E-state index in [1.165, 1.54) is 0 Å². The normalized spacial score (nSPS) is 15.8. The van der Waals surface area contributed by atoms with Gasteiger partial charge in [-0.3, -0.25) is 14.5 Å². The lowest BCUT2D eigenvalue weighted by Gasteiger charge is -2.27. The predicted molar refractivity (Wildman–Crippen MR) is 120 cm³/mol. The summed E-state index contributed by atoms with van der Waals surface area (Å²) in [4.78, 5) is 29.5. The number of nitrogens with one attached hydrogen (secondary N) is 1. The van der Waals surface area contributed by atoms with Gasteiger partial charge in [0.25, 0.3) is 5.91 Å². The number of rotatable bonds is 7. The van der Waals surface area contributed by atoms with Gasteiger partial charge in [0, 0.05) is 43.5 Å². The number of benzene rings is 2. The van der Waals surface area contributed by atoms with E-state index >= 15 is 0 Å². The molecule has 2 aromatic carbocycles. The summed E-state index contributed by atoms with van der Waals surface area (Å²) >= 11 is 0. The Morgan fingerprint density at radius 3 is 2.56 bits per heavy atom. The summed E-state index contributed by atoms with van der Waals surface area (Å²) in [6, 6.07) is 12.9. The Morgan fingerprint density at radius 1 is 1.00 bits per heavy atom. The van der Waals surface area contributed by atoms with Crippen LogP contribution >= 0.6 is 0 Å². The van der Waals surface area contributed by atoms with Crippen molar-refractivity contribution < 1.29 is 23.8 Å². The third-order valence-corrected chi connectivity index (χ3v) is 5.51. The molecule has 2 aliphatic rings. The molecule has 1 fully saturated rings. The molecule has 0 spiro atoms. The molecule has 2 aliphatic heterocycles. The first-order chi connectivity index (χ1) is 15.6. The van der Waals surface area contributed by atoms with Crippen LogP contribution in [0, 0.1) is 0 Å². The minimum Gasteiger partial charge on any atom is -0.486 e. The Kier molecular flexibility index (Phi) is 7.24. The van der Waals surface area contributed by atoms with Crippen molar-refractivity contribution in [2.24, 2.45) is 0 Å². The fourth-order valence-electron chi connectivity index (χ4n) is 3.82. The highest BCUT2D eigenvalue weighted by Gasteiger charge is 2.19. The number of nitrogens with zero attached hydrogens (tertiary/aromatic N) is 2. The first kappa shape index (κ1) is 22.1. The lowest BCUT2D eigenvalue weighted by atomic mass is 10.1. The molecule has 0 aliphatic carbocycles. The van der Waals surface area contributed by atoms with Gasteiger partial charge >= 0.3 is 0 Å². The molecule has 170 valence electrons. The Morgan fingerprint density at radius 2 is 1.78 bits per heavy atom. The summed E-state index contributed by atoms with van der Waals surface area (Å²) in [5.41, 5.74) is 2.27. The molecule has 0 atom stereocenters. The van der Waals surface area contributed by atoms with Crippen LogP contribution in [0.2, 0.25) is 0 Å². The zero-order valence-electron chi connectivity index (χ0n) is 18.3. The van der Waals surface area contributed by atoms with E-state index < -0.39 is 0 Å². The van der Waals surface area contributed by atoms with E-state index in [0.29, 0.717) is 42.5 Å². The lowest BCUT2D eigenvalue weighted by molar-refractivity contribution is -0.116. The number of carbonyl (C=O) groups is 2. The van der Waals surface area contributed by atoms with Crippen LogP contribution in [0.5, 0.6) is 11.5 Å². The molecule has 0 aromatic heterocycles. The Hall–Kier alpha value is -3.10. The van der Waals surface area contributed by atoms with Crippen LogP contribution in [-0.4, -0.2) is 74.2 Å². The van der Waals surface area contributed by atoms with Gasteiger partial charge in [-0.25, -0.2) is 0 Å². The Labute approximate surface area is 188 Å². The highest BCUT2D eigenvalue weighted by Crippen LogP contribution is 2.32. The maximum atomic E-state index is 13.1. The van der Waals surface area contributed by atoms with Crippen LogP contribution in [0.4, 0.5) is 5.69 Å². The molecule has 0 radical (unpaired) electrons. The number of carbonyl (C=O) groups excluding carboxylic acids is 2. The minimum atomic E-state index is -0.263. The predicted octanol–water partition coefficient (Wildman–Crippen LogP) is 2.39. The maximum Gasteiger partial charge on any atom is 0.254 e. The summed E-state index contributed by atoms with van der Waals surface area (Å²) in [5.74, 6) is 0.848. The van der Waals surface area contributed by atoms with Crippen molar-refractivity contribution in [3.05, 3.63) is 53.6 Å². The standard InChI is InChI=1S/C24H29N3O5/c1-2-27(17-23(28)25-20-6-7-21-22(15-20)32-13-12-31-21)24(29)19-5-3-4-18(14-19)16-26-8-10-30-11-9-26/h3-7,14-15H,2,8-13,16-17H2,1H3,(H,25,28). The molecule has 0 saturated carbocycles. The third kappa shape index (κ3) is 5.57. The largest absolute Gasteiger partial charge is 0.486 e. The van der Waals surface area contributed by atoms with Gasteiger partial charge in [-0.05, 0) is 36.8 Å². The topological polar surface area (TPSA) is 80.3 Å². The van der Waals surface area contributed by atoms with Gasteiger partial charge in [0.15, 0.2) is 11.5 Å². The average molecular weight is 440 g/mol. The van der Waals surface area contributed by atoms with E-state index in [4.69, 9.17) is 14.2 Å². The first-order valence-electron chi connectivity index (χ1n) is 11.0. The maximum absolute atomic E-state index is 13.1. The van der Waals surface area contributed by atoms with Crippen LogP contribution in [0.3, 0.4) is 0 Å². The van der Waals surface area contributed by atoms with Gasteiger partial charge in [0.1, 0.15) is 19.8 Å². The van der Waals surface area contributed by atoms with Crippen molar-refractivity contribution in [2.75, 3.05) is 57.9 Å². The van der Waals surface area contributed by atoms with Gasteiger partial charge in [-0.15, -0.1) is 0 Å². The number of hydrogen-bond donors (Lipinski definition) is 1. The summed E-state index contributed by atoms with van der Waals surface area (Å²) in [6.45, 7) is 7.29. The van der Waals surface area contributed by atoms with E-state index in [2.05, 4.69) is 10.2 Å². The number of ether oxygens (including phenoxy) is 3. The van der Waals surface area contributed by atoms with E-state index in [9.17, 15) is 9.59 Å². The van der Waals surface area contributed by atoms with Crippen LogP contribution in [0.15, 0.2) is 42.5 Å². The van der Waals surface area contributed by atoms with Crippen LogP contribution in [0.1, 0.15) is 22.8 Å². The first-order valence-corrected chi connectivity index (χ1v) is 11.0. The van der Waals surface area contributed by atoms with E-state index in [0.717, 1.165) is 38.4 Å². The number of morpholine rings is 1.